The fourth-order valence-electron chi connectivity index (χ4n) is 2.11. The molecule has 1 fully saturated rings. The minimum absolute atomic E-state index is 0.0842. The highest BCUT2D eigenvalue weighted by Gasteiger charge is 2.46. The third kappa shape index (κ3) is 3.91. The van der Waals surface area contributed by atoms with Crippen LogP contribution in [0.2, 0.25) is 0 Å². The Morgan fingerprint density at radius 1 is 1.32 bits per heavy atom. The fraction of sp³-hybridized carbons (Fsp3) is 0.588. The second kappa shape index (κ2) is 6.57. The molecule has 1 aromatic carbocycles. The molecular formula is C17H26N2O3. The zero-order chi connectivity index (χ0) is 16.3. The summed E-state index contributed by atoms with van der Waals surface area (Å²) in [7, 11) is 1.61. The van der Waals surface area contributed by atoms with Crippen molar-refractivity contribution >= 4 is 5.91 Å². The van der Waals surface area contributed by atoms with Gasteiger partial charge in [0.2, 0.25) is 5.91 Å². The van der Waals surface area contributed by atoms with Gasteiger partial charge in [-0.25, -0.2) is 0 Å². The molecule has 5 heteroatoms. The van der Waals surface area contributed by atoms with Gasteiger partial charge in [0.05, 0.1) is 25.3 Å². The average molecular weight is 306 g/mol. The minimum atomic E-state index is -0.654. The SMILES string of the molecule is COc1cc(C(C)NC(=O)C2(N)CC2)ccc1OCC(C)C. The molecule has 0 spiro atoms. The van der Waals surface area contributed by atoms with E-state index in [4.69, 9.17) is 15.2 Å². The Labute approximate surface area is 132 Å². The summed E-state index contributed by atoms with van der Waals surface area (Å²) >= 11 is 0. The van der Waals surface area contributed by atoms with Crippen molar-refractivity contribution in [2.45, 2.75) is 45.2 Å². The van der Waals surface area contributed by atoms with Crippen molar-refractivity contribution in [3.63, 3.8) is 0 Å². The summed E-state index contributed by atoms with van der Waals surface area (Å²) in [5, 5.41) is 2.96. The van der Waals surface area contributed by atoms with Crippen molar-refractivity contribution in [1.82, 2.24) is 5.32 Å². The van der Waals surface area contributed by atoms with Crippen LogP contribution in [-0.2, 0) is 4.79 Å². The van der Waals surface area contributed by atoms with Crippen molar-refractivity contribution in [3.05, 3.63) is 23.8 Å². The molecule has 0 radical (unpaired) electrons. The van der Waals surface area contributed by atoms with Crippen LogP contribution in [0.15, 0.2) is 18.2 Å². The Morgan fingerprint density at radius 3 is 2.55 bits per heavy atom. The summed E-state index contributed by atoms with van der Waals surface area (Å²) in [4.78, 5) is 12.0. The molecule has 0 aliphatic heterocycles. The van der Waals surface area contributed by atoms with Crippen molar-refractivity contribution in [3.8, 4) is 11.5 Å². The molecule has 1 aliphatic rings. The normalized spacial score (nSPS) is 17.0. The molecule has 1 unspecified atom stereocenters. The van der Waals surface area contributed by atoms with E-state index in [1.165, 1.54) is 0 Å². The van der Waals surface area contributed by atoms with Crippen LogP contribution in [0.4, 0.5) is 0 Å². The first-order valence-corrected chi connectivity index (χ1v) is 7.76. The molecule has 0 saturated heterocycles. The number of carbonyl (C=O) groups excluding carboxylic acids is 1. The highest BCUT2D eigenvalue weighted by atomic mass is 16.5. The molecule has 122 valence electrons. The number of hydrogen-bond acceptors (Lipinski definition) is 4. The maximum Gasteiger partial charge on any atom is 0.240 e. The molecule has 1 aromatic rings. The first kappa shape index (κ1) is 16.6. The molecule has 0 heterocycles. The summed E-state index contributed by atoms with van der Waals surface area (Å²) < 4.78 is 11.1. The van der Waals surface area contributed by atoms with Crippen LogP contribution in [0, 0.1) is 5.92 Å². The van der Waals surface area contributed by atoms with E-state index < -0.39 is 5.54 Å². The van der Waals surface area contributed by atoms with E-state index in [0.717, 1.165) is 24.2 Å². The fourth-order valence-corrected chi connectivity index (χ4v) is 2.11. The monoisotopic (exact) mass is 306 g/mol. The lowest BCUT2D eigenvalue weighted by atomic mass is 10.1. The largest absolute Gasteiger partial charge is 0.493 e. The maximum absolute atomic E-state index is 12.0. The van der Waals surface area contributed by atoms with Crippen molar-refractivity contribution in [2.75, 3.05) is 13.7 Å². The van der Waals surface area contributed by atoms with Crippen molar-refractivity contribution < 1.29 is 14.3 Å². The lowest BCUT2D eigenvalue weighted by Gasteiger charge is -2.19. The van der Waals surface area contributed by atoms with E-state index in [2.05, 4.69) is 19.2 Å². The van der Waals surface area contributed by atoms with Gasteiger partial charge in [0.15, 0.2) is 11.5 Å². The number of nitrogens with one attached hydrogen (secondary N) is 1. The maximum atomic E-state index is 12.0. The van der Waals surface area contributed by atoms with Crippen LogP contribution in [0.1, 0.15) is 45.2 Å². The predicted octanol–water partition coefficient (Wildman–Crippen LogP) is 2.40. The summed E-state index contributed by atoms with van der Waals surface area (Å²) in [6.07, 6.45) is 1.52. The predicted molar refractivity (Wildman–Crippen MR) is 86.0 cm³/mol. The van der Waals surface area contributed by atoms with E-state index in [-0.39, 0.29) is 11.9 Å². The van der Waals surface area contributed by atoms with Crippen LogP contribution in [-0.4, -0.2) is 25.2 Å². The van der Waals surface area contributed by atoms with Gasteiger partial charge in [-0.2, -0.15) is 0 Å². The average Bonchev–Trinajstić information content (AvgIpc) is 3.24. The van der Waals surface area contributed by atoms with Gasteiger partial charge in [-0.05, 0) is 43.4 Å². The third-order valence-electron chi connectivity index (χ3n) is 3.85. The van der Waals surface area contributed by atoms with Gasteiger partial charge < -0.3 is 20.5 Å². The van der Waals surface area contributed by atoms with Crippen molar-refractivity contribution in [1.29, 1.82) is 0 Å². The topological polar surface area (TPSA) is 73.6 Å². The van der Waals surface area contributed by atoms with Crippen LogP contribution < -0.4 is 20.5 Å². The molecule has 0 aromatic heterocycles. The Morgan fingerprint density at radius 2 is 2.00 bits per heavy atom. The van der Waals surface area contributed by atoms with Crippen LogP contribution >= 0.6 is 0 Å². The van der Waals surface area contributed by atoms with Crippen LogP contribution in [0.25, 0.3) is 0 Å². The first-order chi connectivity index (χ1) is 10.4. The molecular weight excluding hydrogens is 280 g/mol. The van der Waals surface area contributed by atoms with Crippen LogP contribution in [0.3, 0.4) is 0 Å². The number of methoxy groups -OCH3 is 1. The number of nitrogens with two attached hydrogens (primary N) is 1. The minimum Gasteiger partial charge on any atom is -0.493 e. The molecule has 1 amide bonds. The van der Waals surface area contributed by atoms with E-state index in [0.29, 0.717) is 18.3 Å². The van der Waals surface area contributed by atoms with Crippen molar-refractivity contribution in [2.24, 2.45) is 11.7 Å². The van der Waals surface area contributed by atoms with Gasteiger partial charge >= 0.3 is 0 Å². The lowest BCUT2D eigenvalue weighted by Crippen LogP contribution is -2.43. The second-order valence-corrected chi connectivity index (χ2v) is 6.47. The zero-order valence-electron chi connectivity index (χ0n) is 13.8. The molecule has 2 rings (SSSR count). The second-order valence-electron chi connectivity index (χ2n) is 6.47. The Kier molecular flexibility index (Phi) is 4.96. The lowest BCUT2D eigenvalue weighted by molar-refractivity contribution is -0.123. The van der Waals surface area contributed by atoms with Crippen LogP contribution in [0.5, 0.6) is 11.5 Å². The standard InChI is InChI=1S/C17H26N2O3/c1-11(2)10-22-14-6-5-13(9-15(14)21-4)12(3)19-16(20)17(18)7-8-17/h5-6,9,11-12H,7-8,10,18H2,1-4H3,(H,19,20). The summed E-state index contributed by atoms with van der Waals surface area (Å²) in [5.74, 6) is 1.75. The van der Waals surface area contributed by atoms with Gasteiger partial charge in [-0.15, -0.1) is 0 Å². The van der Waals surface area contributed by atoms with Gasteiger partial charge in [-0.1, -0.05) is 19.9 Å². The Hall–Kier alpha value is -1.75. The Bertz CT molecular complexity index is 539. The highest BCUT2D eigenvalue weighted by Crippen LogP contribution is 2.34. The molecule has 1 saturated carbocycles. The van der Waals surface area contributed by atoms with E-state index in [1.54, 1.807) is 7.11 Å². The Balaban J connectivity index is 2.06. The molecule has 22 heavy (non-hydrogen) atoms. The van der Waals surface area contributed by atoms with Gasteiger partial charge in [0.25, 0.3) is 0 Å². The quantitative estimate of drug-likeness (QED) is 0.811. The smallest absolute Gasteiger partial charge is 0.240 e. The number of ether oxygens (including phenoxy) is 2. The van der Waals surface area contributed by atoms with Gasteiger partial charge in [0.1, 0.15) is 0 Å². The molecule has 0 bridgehead atoms. The molecule has 1 aliphatic carbocycles. The summed E-state index contributed by atoms with van der Waals surface area (Å²) in [6.45, 7) is 6.77. The number of benzene rings is 1. The van der Waals surface area contributed by atoms with E-state index >= 15 is 0 Å². The van der Waals surface area contributed by atoms with Gasteiger partial charge in [0, 0.05) is 0 Å². The molecule has 3 N–H and O–H groups in total. The number of rotatable bonds is 7. The molecule has 1 atom stereocenters. The number of hydrogen-bond donors (Lipinski definition) is 2. The van der Waals surface area contributed by atoms with Gasteiger partial charge in [-0.3, -0.25) is 4.79 Å². The first-order valence-electron chi connectivity index (χ1n) is 7.76. The zero-order valence-corrected chi connectivity index (χ0v) is 13.8. The molecule has 5 nitrogen and oxygen atoms in total. The van der Waals surface area contributed by atoms with E-state index in [9.17, 15) is 4.79 Å². The number of amides is 1. The highest BCUT2D eigenvalue weighted by molar-refractivity contribution is 5.89. The number of carbonyl (C=O) groups is 1. The van der Waals surface area contributed by atoms with E-state index in [1.807, 2.05) is 25.1 Å². The third-order valence-corrected chi connectivity index (χ3v) is 3.85. The summed E-state index contributed by atoms with van der Waals surface area (Å²) in [5.41, 5.74) is 6.22. The summed E-state index contributed by atoms with van der Waals surface area (Å²) in [6, 6.07) is 5.60.